The number of aryl methyl sites for hydroxylation is 2. The molecule has 0 aliphatic rings. The lowest BCUT2D eigenvalue weighted by molar-refractivity contribution is 0.0998. The lowest BCUT2D eigenvalue weighted by Crippen LogP contribution is -2.15. The molecule has 1 amide bonds. The average molecular weight is 331 g/mol. The summed E-state index contributed by atoms with van der Waals surface area (Å²) in [5.41, 5.74) is 2.77. The fourth-order valence-electron chi connectivity index (χ4n) is 2.29. The number of hydrogen-bond donors (Lipinski definition) is 0. The van der Waals surface area contributed by atoms with Crippen molar-refractivity contribution in [3.63, 3.8) is 0 Å². The number of halogens is 1. The van der Waals surface area contributed by atoms with Crippen molar-refractivity contribution >= 4 is 39.1 Å². The van der Waals surface area contributed by atoms with Crippen molar-refractivity contribution < 1.29 is 4.79 Å². The van der Waals surface area contributed by atoms with Crippen LogP contribution in [-0.4, -0.2) is 10.5 Å². The van der Waals surface area contributed by atoms with Gasteiger partial charge in [-0.15, -0.1) is 0 Å². The predicted molar refractivity (Wildman–Crippen MR) is 91.6 cm³/mol. The molecule has 0 aliphatic carbocycles. The number of rotatable bonds is 2. The summed E-state index contributed by atoms with van der Waals surface area (Å²) in [6, 6.07) is 13.2. The third-order valence-electron chi connectivity index (χ3n) is 3.46. The fourth-order valence-corrected chi connectivity index (χ4v) is 3.65. The van der Waals surface area contributed by atoms with E-state index in [4.69, 9.17) is 11.6 Å². The highest BCUT2D eigenvalue weighted by Crippen LogP contribution is 2.21. The van der Waals surface area contributed by atoms with Gasteiger partial charge in [0.05, 0.1) is 10.2 Å². The summed E-state index contributed by atoms with van der Waals surface area (Å²) in [5.74, 6) is -0.222. The molecule has 22 heavy (non-hydrogen) atoms. The van der Waals surface area contributed by atoms with E-state index in [0.717, 1.165) is 22.3 Å². The smallest absolute Gasteiger partial charge is 0.279 e. The number of fused-ring (bicyclic) bond motifs is 1. The average Bonchev–Trinajstić information content (AvgIpc) is 2.83. The van der Waals surface area contributed by atoms with Gasteiger partial charge in [0.15, 0.2) is 4.80 Å². The van der Waals surface area contributed by atoms with Crippen molar-refractivity contribution in [1.82, 2.24) is 4.57 Å². The van der Waals surface area contributed by atoms with E-state index in [-0.39, 0.29) is 5.91 Å². The van der Waals surface area contributed by atoms with Crippen LogP contribution in [0.1, 0.15) is 22.8 Å². The van der Waals surface area contributed by atoms with Gasteiger partial charge in [0.25, 0.3) is 5.91 Å². The second-order valence-electron chi connectivity index (χ2n) is 5.02. The highest BCUT2D eigenvalue weighted by atomic mass is 35.5. The molecule has 0 atom stereocenters. The molecule has 0 saturated carbocycles. The molecule has 0 bridgehead atoms. The molecule has 0 N–H and O–H groups in total. The first-order valence-electron chi connectivity index (χ1n) is 7.03. The van der Waals surface area contributed by atoms with Gasteiger partial charge in [-0.3, -0.25) is 4.79 Å². The molecule has 3 rings (SSSR count). The molecule has 2 aromatic carbocycles. The lowest BCUT2D eigenvalue weighted by Gasteiger charge is -2.00. The Hall–Kier alpha value is -1.91. The summed E-state index contributed by atoms with van der Waals surface area (Å²) in [6.45, 7) is 4.78. The molecular formula is C17H15ClN2OS. The van der Waals surface area contributed by atoms with Crippen LogP contribution in [0.15, 0.2) is 47.5 Å². The molecule has 5 heteroatoms. The Labute approximate surface area is 137 Å². The van der Waals surface area contributed by atoms with Gasteiger partial charge in [-0.25, -0.2) is 0 Å². The van der Waals surface area contributed by atoms with Crippen molar-refractivity contribution in [2.75, 3.05) is 0 Å². The second-order valence-corrected chi connectivity index (χ2v) is 6.47. The number of benzene rings is 2. The predicted octanol–water partition coefficient (Wildman–Crippen LogP) is 4.43. The zero-order valence-electron chi connectivity index (χ0n) is 12.3. The van der Waals surface area contributed by atoms with Crippen molar-refractivity contribution in [3.8, 4) is 0 Å². The SMILES string of the molecule is CCn1c(=NC(=O)c2ccc(C)cc2)sc2cc(Cl)ccc21. The summed E-state index contributed by atoms with van der Waals surface area (Å²) in [5, 5.41) is 0.688. The van der Waals surface area contributed by atoms with Gasteiger partial charge in [-0.05, 0) is 44.2 Å². The van der Waals surface area contributed by atoms with Crippen LogP contribution >= 0.6 is 22.9 Å². The van der Waals surface area contributed by atoms with Crippen LogP contribution in [0.5, 0.6) is 0 Å². The third-order valence-corrected chi connectivity index (χ3v) is 4.73. The first-order chi connectivity index (χ1) is 10.6. The highest BCUT2D eigenvalue weighted by Gasteiger charge is 2.08. The van der Waals surface area contributed by atoms with E-state index in [1.165, 1.54) is 11.3 Å². The van der Waals surface area contributed by atoms with Crippen LogP contribution < -0.4 is 4.80 Å². The Morgan fingerprint density at radius 3 is 2.64 bits per heavy atom. The molecule has 0 saturated heterocycles. The Balaban J connectivity index is 2.12. The minimum Gasteiger partial charge on any atom is -0.317 e. The van der Waals surface area contributed by atoms with Crippen LogP contribution in [0, 0.1) is 6.92 Å². The summed E-state index contributed by atoms with van der Waals surface area (Å²) in [6.07, 6.45) is 0. The van der Waals surface area contributed by atoms with Gasteiger partial charge in [0.2, 0.25) is 0 Å². The highest BCUT2D eigenvalue weighted by molar-refractivity contribution is 7.16. The molecular weight excluding hydrogens is 316 g/mol. The van der Waals surface area contributed by atoms with E-state index in [2.05, 4.69) is 4.99 Å². The monoisotopic (exact) mass is 330 g/mol. The first-order valence-corrected chi connectivity index (χ1v) is 8.22. The van der Waals surface area contributed by atoms with Crippen LogP contribution in [-0.2, 0) is 6.54 Å². The van der Waals surface area contributed by atoms with E-state index < -0.39 is 0 Å². The number of thiazole rings is 1. The summed E-state index contributed by atoms with van der Waals surface area (Å²) in [7, 11) is 0. The van der Waals surface area contributed by atoms with E-state index in [1.807, 2.05) is 60.9 Å². The molecule has 0 aliphatic heterocycles. The molecule has 0 unspecified atom stereocenters. The van der Waals surface area contributed by atoms with Crippen molar-refractivity contribution in [2.45, 2.75) is 20.4 Å². The standard InChI is InChI=1S/C17H15ClN2OS/c1-3-20-14-9-8-13(18)10-15(14)22-17(20)19-16(21)12-6-4-11(2)5-7-12/h4-10H,3H2,1-2H3. The molecule has 112 valence electrons. The van der Waals surface area contributed by atoms with E-state index in [0.29, 0.717) is 15.4 Å². The van der Waals surface area contributed by atoms with Crippen LogP contribution in [0.3, 0.4) is 0 Å². The number of carbonyl (C=O) groups excluding carboxylic acids is 1. The number of amides is 1. The summed E-state index contributed by atoms with van der Waals surface area (Å²) < 4.78 is 3.06. The molecule has 1 heterocycles. The maximum Gasteiger partial charge on any atom is 0.279 e. The van der Waals surface area contributed by atoms with Gasteiger partial charge in [0.1, 0.15) is 0 Å². The molecule has 0 spiro atoms. The fraction of sp³-hybridized carbons (Fsp3) is 0.176. The molecule has 0 fully saturated rings. The second kappa shape index (κ2) is 6.07. The van der Waals surface area contributed by atoms with Gasteiger partial charge in [0, 0.05) is 17.1 Å². The maximum absolute atomic E-state index is 12.3. The normalized spacial score (nSPS) is 12.0. The minimum absolute atomic E-state index is 0.222. The Morgan fingerprint density at radius 1 is 1.23 bits per heavy atom. The Kier molecular flexibility index (Phi) is 4.14. The quantitative estimate of drug-likeness (QED) is 0.684. The largest absolute Gasteiger partial charge is 0.317 e. The molecule has 3 aromatic rings. The number of carbonyl (C=O) groups is 1. The minimum atomic E-state index is -0.222. The van der Waals surface area contributed by atoms with Crippen molar-refractivity contribution in [1.29, 1.82) is 0 Å². The van der Waals surface area contributed by atoms with Crippen molar-refractivity contribution in [3.05, 3.63) is 63.4 Å². The van der Waals surface area contributed by atoms with Gasteiger partial charge in [-0.2, -0.15) is 4.99 Å². The Morgan fingerprint density at radius 2 is 1.95 bits per heavy atom. The van der Waals surface area contributed by atoms with Crippen LogP contribution in [0.25, 0.3) is 10.2 Å². The van der Waals surface area contributed by atoms with Crippen LogP contribution in [0.2, 0.25) is 5.02 Å². The van der Waals surface area contributed by atoms with Gasteiger partial charge < -0.3 is 4.57 Å². The molecule has 3 nitrogen and oxygen atoms in total. The number of nitrogens with zero attached hydrogens (tertiary/aromatic N) is 2. The number of aromatic nitrogens is 1. The van der Waals surface area contributed by atoms with E-state index >= 15 is 0 Å². The topological polar surface area (TPSA) is 34.4 Å². The first kappa shape index (κ1) is 15.0. The lowest BCUT2D eigenvalue weighted by atomic mass is 10.1. The maximum atomic E-state index is 12.3. The zero-order chi connectivity index (χ0) is 15.7. The molecule has 1 aromatic heterocycles. The van der Waals surface area contributed by atoms with Crippen molar-refractivity contribution in [2.24, 2.45) is 4.99 Å². The number of hydrogen-bond acceptors (Lipinski definition) is 2. The Bertz CT molecular complexity index is 907. The van der Waals surface area contributed by atoms with Gasteiger partial charge in [-0.1, -0.05) is 40.6 Å². The third kappa shape index (κ3) is 2.85. The van der Waals surface area contributed by atoms with Gasteiger partial charge >= 0.3 is 0 Å². The van der Waals surface area contributed by atoms with E-state index in [9.17, 15) is 4.79 Å². The summed E-state index contributed by atoms with van der Waals surface area (Å²) in [4.78, 5) is 17.3. The zero-order valence-corrected chi connectivity index (χ0v) is 13.9. The van der Waals surface area contributed by atoms with Crippen LogP contribution in [0.4, 0.5) is 0 Å². The molecule has 0 radical (unpaired) electrons. The summed E-state index contributed by atoms with van der Waals surface area (Å²) >= 11 is 7.52. The van der Waals surface area contributed by atoms with E-state index in [1.54, 1.807) is 0 Å².